The van der Waals surface area contributed by atoms with Crippen LogP contribution in [0.4, 0.5) is 0 Å². The third-order valence-corrected chi connectivity index (χ3v) is 4.65. The number of nitrogens with zero attached hydrogens (tertiary/aromatic N) is 2. The molecule has 6 heteroatoms. The van der Waals surface area contributed by atoms with Gasteiger partial charge in [0.25, 0.3) is 0 Å². The number of aliphatic hydroxyl groups is 4. The van der Waals surface area contributed by atoms with Gasteiger partial charge in [0, 0.05) is 18.0 Å². The summed E-state index contributed by atoms with van der Waals surface area (Å²) in [5.41, 5.74) is 3.47. The van der Waals surface area contributed by atoms with Crippen molar-refractivity contribution in [3.05, 3.63) is 77.9 Å². The van der Waals surface area contributed by atoms with E-state index < -0.39 is 18.2 Å². The van der Waals surface area contributed by atoms with Crippen LogP contribution in [0.25, 0.3) is 11.1 Å². The summed E-state index contributed by atoms with van der Waals surface area (Å²) in [6, 6.07) is 14.6. The molecule has 0 bridgehead atoms. The SMILES string of the molecule is C[C@H](O)c1nccn1[C@@H](C#Cc1ccc(-c2ccc(C(O)CO)cc2)cc1)CO. The lowest BCUT2D eigenvalue weighted by molar-refractivity contribution is 0.0956. The van der Waals surface area contributed by atoms with E-state index in [4.69, 9.17) is 5.11 Å². The average Bonchev–Trinajstić information content (AvgIpc) is 3.24. The molecule has 0 radical (unpaired) electrons. The number of benzene rings is 2. The molecule has 3 atom stereocenters. The van der Waals surface area contributed by atoms with Gasteiger partial charge in [-0.3, -0.25) is 0 Å². The molecule has 3 aromatic rings. The smallest absolute Gasteiger partial charge is 0.138 e. The Kier molecular flexibility index (Phi) is 6.81. The first-order chi connectivity index (χ1) is 14.0. The predicted molar refractivity (Wildman–Crippen MR) is 110 cm³/mol. The zero-order valence-corrected chi connectivity index (χ0v) is 16.1. The minimum Gasteiger partial charge on any atom is -0.393 e. The monoisotopic (exact) mass is 392 g/mol. The molecule has 0 spiro atoms. The normalized spacial score (nSPS) is 14.0. The molecule has 1 unspecified atom stereocenters. The Hall–Kier alpha value is -2.95. The third-order valence-electron chi connectivity index (χ3n) is 4.65. The Balaban J connectivity index is 1.76. The molecule has 1 aromatic heterocycles. The van der Waals surface area contributed by atoms with Gasteiger partial charge >= 0.3 is 0 Å². The first-order valence-corrected chi connectivity index (χ1v) is 9.36. The van der Waals surface area contributed by atoms with Crippen LogP contribution >= 0.6 is 0 Å². The van der Waals surface area contributed by atoms with Gasteiger partial charge in [0.2, 0.25) is 0 Å². The molecule has 1 heterocycles. The van der Waals surface area contributed by atoms with E-state index in [1.807, 2.05) is 36.4 Å². The minimum absolute atomic E-state index is 0.187. The number of hydrogen-bond acceptors (Lipinski definition) is 5. The Morgan fingerprint density at radius 1 is 0.931 bits per heavy atom. The Labute approximate surface area is 169 Å². The van der Waals surface area contributed by atoms with Crippen molar-refractivity contribution >= 4 is 0 Å². The number of imidazole rings is 1. The second-order valence-electron chi connectivity index (χ2n) is 6.73. The largest absolute Gasteiger partial charge is 0.393 e. The van der Waals surface area contributed by atoms with E-state index in [0.717, 1.165) is 16.7 Å². The van der Waals surface area contributed by atoms with Crippen LogP contribution in [-0.2, 0) is 0 Å². The Morgan fingerprint density at radius 2 is 1.55 bits per heavy atom. The molecule has 2 aromatic carbocycles. The average molecular weight is 392 g/mol. The summed E-state index contributed by atoms with van der Waals surface area (Å²) in [7, 11) is 0. The molecular weight excluding hydrogens is 368 g/mol. The molecule has 6 nitrogen and oxygen atoms in total. The van der Waals surface area contributed by atoms with E-state index in [1.54, 1.807) is 36.0 Å². The molecule has 150 valence electrons. The lowest BCUT2D eigenvalue weighted by Gasteiger charge is -2.14. The number of rotatable bonds is 6. The van der Waals surface area contributed by atoms with E-state index in [0.29, 0.717) is 11.4 Å². The molecule has 4 N–H and O–H groups in total. The van der Waals surface area contributed by atoms with Crippen molar-refractivity contribution in [2.45, 2.75) is 25.2 Å². The standard InChI is InChI=1S/C23H24N2O4/c1-16(28)23-24-12-13-25(23)21(14-26)11-4-17-2-5-18(6-3-17)19-7-9-20(10-8-19)22(29)15-27/h2-3,5-10,12-13,16,21-22,26-29H,14-15H2,1H3/t16-,21-,22?/m0/s1. The van der Waals surface area contributed by atoms with Crippen molar-refractivity contribution in [1.82, 2.24) is 9.55 Å². The van der Waals surface area contributed by atoms with Gasteiger partial charge in [-0.1, -0.05) is 48.2 Å². The van der Waals surface area contributed by atoms with Crippen LogP contribution < -0.4 is 0 Å². The van der Waals surface area contributed by atoms with Crippen molar-refractivity contribution in [1.29, 1.82) is 0 Å². The van der Waals surface area contributed by atoms with E-state index in [9.17, 15) is 15.3 Å². The fraction of sp³-hybridized carbons (Fsp3) is 0.261. The fourth-order valence-electron chi connectivity index (χ4n) is 3.03. The molecule has 29 heavy (non-hydrogen) atoms. The molecule has 0 aliphatic carbocycles. The summed E-state index contributed by atoms with van der Waals surface area (Å²) in [4.78, 5) is 4.11. The van der Waals surface area contributed by atoms with Crippen molar-refractivity contribution in [2.75, 3.05) is 13.2 Å². The zero-order chi connectivity index (χ0) is 20.8. The molecule has 0 aliphatic rings. The molecule has 3 rings (SSSR count). The third kappa shape index (κ3) is 4.91. The summed E-state index contributed by atoms with van der Waals surface area (Å²) >= 11 is 0. The van der Waals surface area contributed by atoms with Crippen LogP contribution in [0.15, 0.2) is 60.9 Å². The van der Waals surface area contributed by atoms with Crippen LogP contribution in [0.2, 0.25) is 0 Å². The highest BCUT2D eigenvalue weighted by molar-refractivity contribution is 5.64. The van der Waals surface area contributed by atoms with Crippen molar-refractivity contribution in [3.8, 4) is 23.0 Å². The Morgan fingerprint density at radius 3 is 2.10 bits per heavy atom. The van der Waals surface area contributed by atoms with Crippen molar-refractivity contribution < 1.29 is 20.4 Å². The van der Waals surface area contributed by atoms with Crippen molar-refractivity contribution in [3.63, 3.8) is 0 Å². The second kappa shape index (κ2) is 9.50. The van der Waals surface area contributed by atoms with Gasteiger partial charge in [0.15, 0.2) is 0 Å². The van der Waals surface area contributed by atoms with Crippen LogP contribution in [-0.4, -0.2) is 43.2 Å². The maximum Gasteiger partial charge on any atom is 0.138 e. The van der Waals surface area contributed by atoms with Gasteiger partial charge in [0.05, 0.1) is 13.2 Å². The highest BCUT2D eigenvalue weighted by Gasteiger charge is 2.14. The summed E-state index contributed by atoms with van der Waals surface area (Å²) in [5, 5.41) is 38.2. The summed E-state index contributed by atoms with van der Waals surface area (Å²) in [6.07, 6.45) is 1.65. The van der Waals surface area contributed by atoms with Gasteiger partial charge in [-0.15, -0.1) is 0 Å². The predicted octanol–water partition coefficient (Wildman–Crippen LogP) is 2.21. The zero-order valence-electron chi connectivity index (χ0n) is 16.1. The quantitative estimate of drug-likeness (QED) is 0.482. The highest BCUT2D eigenvalue weighted by Crippen LogP contribution is 2.22. The minimum atomic E-state index is -0.869. The topological polar surface area (TPSA) is 98.7 Å². The number of aliphatic hydroxyl groups excluding tert-OH is 4. The highest BCUT2D eigenvalue weighted by atomic mass is 16.3. The van der Waals surface area contributed by atoms with Gasteiger partial charge in [0.1, 0.15) is 24.1 Å². The molecule has 0 saturated heterocycles. The van der Waals surface area contributed by atoms with Crippen LogP contribution in [0.1, 0.15) is 42.1 Å². The molecular formula is C23H24N2O4. The van der Waals surface area contributed by atoms with Gasteiger partial charge < -0.3 is 25.0 Å². The Bertz CT molecular complexity index is 982. The van der Waals surface area contributed by atoms with Crippen LogP contribution in [0.3, 0.4) is 0 Å². The fourth-order valence-corrected chi connectivity index (χ4v) is 3.03. The summed E-state index contributed by atoms with van der Waals surface area (Å²) in [6.45, 7) is 1.13. The first kappa shape index (κ1) is 20.8. The summed E-state index contributed by atoms with van der Waals surface area (Å²) in [5.74, 6) is 6.55. The summed E-state index contributed by atoms with van der Waals surface area (Å²) < 4.78 is 1.67. The van der Waals surface area contributed by atoms with Gasteiger partial charge in [-0.2, -0.15) is 0 Å². The lowest BCUT2D eigenvalue weighted by atomic mass is 10.0. The van der Waals surface area contributed by atoms with E-state index in [-0.39, 0.29) is 13.2 Å². The van der Waals surface area contributed by atoms with Crippen LogP contribution in [0, 0.1) is 11.8 Å². The second-order valence-corrected chi connectivity index (χ2v) is 6.73. The molecule has 0 fully saturated rings. The van der Waals surface area contributed by atoms with E-state index in [1.165, 1.54) is 0 Å². The van der Waals surface area contributed by atoms with Crippen LogP contribution in [0.5, 0.6) is 0 Å². The van der Waals surface area contributed by atoms with E-state index >= 15 is 0 Å². The number of hydrogen-bond donors (Lipinski definition) is 4. The van der Waals surface area contributed by atoms with Gasteiger partial charge in [-0.25, -0.2) is 4.98 Å². The number of aromatic nitrogens is 2. The lowest BCUT2D eigenvalue weighted by Crippen LogP contribution is -2.15. The van der Waals surface area contributed by atoms with Crippen molar-refractivity contribution in [2.24, 2.45) is 0 Å². The maximum atomic E-state index is 9.78. The first-order valence-electron chi connectivity index (χ1n) is 9.36. The molecule has 0 aliphatic heterocycles. The molecule has 0 amide bonds. The van der Waals surface area contributed by atoms with Gasteiger partial charge in [-0.05, 0) is 35.7 Å². The van der Waals surface area contributed by atoms with E-state index in [2.05, 4.69) is 16.8 Å². The molecule has 0 saturated carbocycles. The maximum absolute atomic E-state index is 9.78.